The monoisotopic (exact) mass is 479 g/mol. The molecule has 0 aliphatic carbocycles. The van der Waals surface area contributed by atoms with E-state index in [-0.39, 0.29) is 11.8 Å². The van der Waals surface area contributed by atoms with Gasteiger partial charge in [0.05, 0.1) is 36.4 Å². The minimum absolute atomic E-state index is 0.197. The molecule has 0 radical (unpaired) electrons. The number of pyridine rings is 1. The Morgan fingerprint density at radius 3 is 2.80 bits per heavy atom. The van der Waals surface area contributed by atoms with Crippen molar-refractivity contribution in [2.75, 3.05) is 19.0 Å². The minimum atomic E-state index is -0.537. The zero-order valence-corrected chi connectivity index (χ0v) is 19.1. The number of alkyl carbamates (subject to hydrolysis) is 1. The van der Waals surface area contributed by atoms with Crippen molar-refractivity contribution in [3.8, 4) is 5.75 Å². The lowest BCUT2D eigenvalue weighted by molar-refractivity contribution is 0.0516. The van der Waals surface area contributed by atoms with Gasteiger partial charge in [-0.3, -0.25) is 9.48 Å². The number of hydrogen-bond acceptors (Lipinski definition) is 6. The Kier molecular flexibility index (Phi) is 6.64. The first-order valence-corrected chi connectivity index (χ1v) is 10.5. The summed E-state index contributed by atoms with van der Waals surface area (Å²) >= 11 is 3.29. The normalized spacial score (nSPS) is 15.8. The fraction of sp³-hybridized carbons (Fsp3) is 0.500. The second-order valence-corrected chi connectivity index (χ2v) is 8.89. The molecule has 1 unspecified atom stereocenters. The topological polar surface area (TPSA) is 107 Å². The van der Waals surface area contributed by atoms with E-state index in [1.807, 2.05) is 25.5 Å². The average molecular weight is 480 g/mol. The molecule has 0 saturated carbocycles. The van der Waals surface area contributed by atoms with Crippen LogP contribution in [0.25, 0.3) is 0 Å². The molecule has 162 valence electrons. The molecule has 2 aromatic heterocycles. The summed E-state index contributed by atoms with van der Waals surface area (Å²) in [5, 5.41) is 10.0. The first-order chi connectivity index (χ1) is 14.2. The van der Waals surface area contributed by atoms with E-state index in [9.17, 15) is 9.59 Å². The lowest BCUT2D eigenvalue weighted by Gasteiger charge is -2.25. The third-order valence-corrected chi connectivity index (χ3v) is 5.24. The summed E-state index contributed by atoms with van der Waals surface area (Å²) in [6.07, 6.45) is 4.20. The van der Waals surface area contributed by atoms with Gasteiger partial charge in [-0.2, -0.15) is 5.10 Å². The number of fused-ring (bicyclic) bond motifs is 1. The van der Waals surface area contributed by atoms with Gasteiger partial charge in [-0.15, -0.1) is 0 Å². The van der Waals surface area contributed by atoms with E-state index in [0.717, 1.165) is 12.1 Å². The van der Waals surface area contributed by atoms with Crippen molar-refractivity contribution in [1.82, 2.24) is 20.1 Å². The van der Waals surface area contributed by atoms with Crippen LogP contribution in [-0.2, 0) is 17.7 Å². The standard InChI is InChI=1S/C20H26BrN5O4/c1-20(2,3)30-19(28)23-9-12-5-6-26-15(7-12)14(11-24-26)18(27)25-13-8-16(29-4)17(21)22-10-13/h8,10-12H,5-7,9H2,1-4H3,(H,23,28)(H,25,27). The van der Waals surface area contributed by atoms with Crippen molar-refractivity contribution < 1.29 is 19.1 Å². The second kappa shape index (κ2) is 9.03. The molecule has 1 atom stereocenters. The highest BCUT2D eigenvalue weighted by Gasteiger charge is 2.26. The van der Waals surface area contributed by atoms with E-state index < -0.39 is 11.7 Å². The molecule has 30 heavy (non-hydrogen) atoms. The van der Waals surface area contributed by atoms with Crippen LogP contribution in [0, 0.1) is 5.92 Å². The van der Waals surface area contributed by atoms with Gasteiger partial charge in [0.2, 0.25) is 0 Å². The number of nitrogens with one attached hydrogen (secondary N) is 2. The van der Waals surface area contributed by atoms with Crippen molar-refractivity contribution in [1.29, 1.82) is 0 Å². The Hall–Kier alpha value is -2.62. The fourth-order valence-corrected chi connectivity index (χ4v) is 3.62. The first kappa shape index (κ1) is 22.1. The van der Waals surface area contributed by atoms with Crippen molar-refractivity contribution in [2.45, 2.75) is 45.8 Å². The molecule has 1 aliphatic rings. The zero-order chi connectivity index (χ0) is 21.9. The molecule has 2 aromatic rings. The third kappa shape index (κ3) is 5.50. The quantitative estimate of drug-likeness (QED) is 0.636. The average Bonchev–Trinajstić information content (AvgIpc) is 3.10. The second-order valence-electron chi connectivity index (χ2n) is 8.14. The zero-order valence-electron chi connectivity index (χ0n) is 17.5. The molecular formula is C20H26BrN5O4. The highest BCUT2D eigenvalue weighted by Crippen LogP contribution is 2.27. The van der Waals surface area contributed by atoms with Gasteiger partial charge >= 0.3 is 6.09 Å². The van der Waals surface area contributed by atoms with E-state index in [0.29, 0.717) is 41.1 Å². The van der Waals surface area contributed by atoms with E-state index in [4.69, 9.17) is 9.47 Å². The Balaban J connectivity index is 1.64. The number of aryl methyl sites for hydroxylation is 1. The van der Waals surface area contributed by atoms with Crippen molar-refractivity contribution in [3.05, 3.63) is 34.3 Å². The van der Waals surface area contributed by atoms with Crippen molar-refractivity contribution >= 4 is 33.6 Å². The molecule has 2 N–H and O–H groups in total. The maximum absolute atomic E-state index is 12.8. The van der Waals surface area contributed by atoms with Gasteiger partial charge in [0.1, 0.15) is 10.2 Å². The minimum Gasteiger partial charge on any atom is -0.494 e. The van der Waals surface area contributed by atoms with Gasteiger partial charge in [0.25, 0.3) is 5.91 Å². The van der Waals surface area contributed by atoms with Crippen LogP contribution in [0.15, 0.2) is 23.1 Å². The van der Waals surface area contributed by atoms with Gasteiger partial charge in [-0.25, -0.2) is 9.78 Å². The Morgan fingerprint density at radius 1 is 1.33 bits per heavy atom. The van der Waals surface area contributed by atoms with Crippen LogP contribution in [0.3, 0.4) is 0 Å². The summed E-state index contributed by atoms with van der Waals surface area (Å²) in [6, 6.07) is 1.69. The summed E-state index contributed by atoms with van der Waals surface area (Å²) in [5.41, 5.74) is 1.36. The van der Waals surface area contributed by atoms with Gasteiger partial charge in [-0.05, 0) is 55.5 Å². The number of carbonyl (C=O) groups is 2. The lowest BCUT2D eigenvalue weighted by atomic mass is 9.94. The van der Waals surface area contributed by atoms with Gasteiger partial charge in [0, 0.05) is 19.2 Å². The molecule has 0 fully saturated rings. The van der Waals surface area contributed by atoms with E-state index in [1.165, 1.54) is 7.11 Å². The van der Waals surface area contributed by atoms with Crippen LogP contribution in [0.1, 0.15) is 43.2 Å². The number of methoxy groups -OCH3 is 1. The van der Waals surface area contributed by atoms with Crippen LogP contribution in [0.2, 0.25) is 0 Å². The number of amides is 2. The predicted octanol–water partition coefficient (Wildman–Crippen LogP) is 3.39. The van der Waals surface area contributed by atoms with E-state index in [1.54, 1.807) is 18.5 Å². The lowest BCUT2D eigenvalue weighted by Crippen LogP contribution is -2.37. The number of ether oxygens (including phenoxy) is 2. The smallest absolute Gasteiger partial charge is 0.407 e. The van der Waals surface area contributed by atoms with Crippen molar-refractivity contribution in [2.24, 2.45) is 5.92 Å². The molecule has 10 heteroatoms. The first-order valence-electron chi connectivity index (χ1n) is 9.68. The molecule has 2 amide bonds. The van der Waals surface area contributed by atoms with Gasteiger partial charge in [0.15, 0.2) is 5.75 Å². The maximum Gasteiger partial charge on any atom is 0.407 e. The molecule has 3 heterocycles. The van der Waals surface area contributed by atoms with Crippen LogP contribution >= 0.6 is 15.9 Å². The number of anilines is 1. The van der Waals surface area contributed by atoms with Gasteiger partial charge < -0.3 is 20.1 Å². The molecular weight excluding hydrogens is 454 g/mol. The summed E-state index contributed by atoms with van der Waals surface area (Å²) in [4.78, 5) is 28.9. The highest BCUT2D eigenvalue weighted by molar-refractivity contribution is 9.10. The SMILES string of the molecule is COc1cc(NC(=O)c2cnn3c2CC(CNC(=O)OC(C)(C)C)CC3)cnc1Br. The molecule has 0 aromatic carbocycles. The van der Waals surface area contributed by atoms with Crippen LogP contribution < -0.4 is 15.4 Å². The molecule has 3 rings (SSSR count). The molecule has 1 aliphatic heterocycles. The van der Waals surface area contributed by atoms with Gasteiger partial charge in [-0.1, -0.05) is 0 Å². The summed E-state index contributed by atoms with van der Waals surface area (Å²) < 4.78 is 12.9. The third-order valence-electron chi connectivity index (χ3n) is 4.64. The molecule has 0 bridgehead atoms. The summed E-state index contributed by atoms with van der Waals surface area (Å²) in [5.74, 6) is 0.462. The largest absolute Gasteiger partial charge is 0.494 e. The van der Waals surface area contributed by atoms with E-state index >= 15 is 0 Å². The summed E-state index contributed by atoms with van der Waals surface area (Å²) in [6.45, 7) is 6.65. The number of carbonyl (C=O) groups excluding carboxylic acids is 2. The fourth-order valence-electron chi connectivity index (χ4n) is 3.24. The maximum atomic E-state index is 12.8. The Morgan fingerprint density at radius 2 is 2.10 bits per heavy atom. The predicted molar refractivity (Wildman–Crippen MR) is 115 cm³/mol. The number of nitrogens with zero attached hydrogens (tertiary/aromatic N) is 3. The highest BCUT2D eigenvalue weighted by atomic mass is 79.9. The van der Waals surface area contributed by atoms with Crippen LogP contribution in [-0.4, -0.2) is 46.0 Å². The molecule has 0 saturated heterocycles. The molecule has 0 spiro atoms. The summed E-state index contributed by atoms with van der Waals surface area (Å²) in [7, 11) is 1.53. The van der Waals surface area contributed by atoms with Crippen LogP contribution in [0.4, 0.5) is 10.5 Å². The number of rotatable bonds is 5. The number of aromatic nitrogens is 3. The van der Waals surface area contributed by atoms with Crippen molar-refractivity contribution in [3.63, 3.8) is 0 Å². The Labute approximate surface area is 183 Å². The Bertz CT molecular complexity index is 938. The number of halogens is 1. The van der Waals surface area contributed by atoms with Crippen LogP contribution in [0.5, 0.6) is 5.75 Å². The number of hydrogen-bond donors (Lipinski definition) is 2. The van der Waals surface area contributed by atoms with E-state index in [2.05, 4.69) is 36.6 Å². The molecule has 9 nitrogen and oxygen atoms in total.